The molecule has 0 spiro atoms. The molecule has 122 valence electrons. The van der Waals surface area contributed by atoms with Crippen LogP contribution >= 0.6 is 11.3 Å². The molecular weight excluding hydrogens is 326 g/mol. The number of rotatable bonds is 5. The van der Waals surface area contributed by atoms with Gasteiger partial charge in [0.25, 0.3) is 5.89 Å². The predicted octanol–water partition coefficient (Wildman–Crippen LogP) is 3.71. The van der Waals surface area contributed by atoms with Gasteiger partial charge in [-0.2, -0.15) is 5.10 Å². The molecule has 0 bridgehead atoms. The molecule has 0 aromatic carbocycles. The maximum absolute atomic E-state index is 5.65. The summed E-state index contributed by atoms with van der Waals surface area (Å²) in [6, 6.07) is 6.25. The summed E-state index contributed by atoms with van der Waals surface area (Å²) in [5.41, 5.74) is 2.83. The van der Waals surface area contributed by atoms with Gasteiger partial charge in [-0.25, -0.2) is 0 Å². The minimum atomic E-state index is 0.367. The summed E-state index contributed by atoms with van der Waals surface area (Å²) in [4.78, 5) is 1.13. The van der Waals surface area contributed by atoms with Crippen molar-refractivity contribution < 1.29 is 8.83 Å². The van der Waals surface area contributed by atoms with Gasteiger partial charge >= 0.3 is 6.01 Å². The van der Waals surface area contributed by atoms with E-state index >= 15 is 0 Å². The number of nitrogens with one attached hydrogen (secondary N) is 1. The quantitative estimate of drug-likeness (QED) is 0.596. The maximum atomic E-state index is 5.65. The molecule has 0 saturated carbocycles. The lowest BCUT2D eigenvalue weighted by atomic mass is 10.2. The highest BCUT2D eigenvalue weighted by atomic mass is 32.1. The van der Waals surface area contributed by atoms with Crippen molar-refractivity contribution in [2.45, 2.75) is 13.5 Å². The van der Waals surface area contributed by atoms with Crippen molar-refractivity contribution in [2.75, 3.05) is 5.32 Å². The zero-order valence-electron chi connectivity index (χ0n) is 13.2. The van der Waals surface area contributed by atoms with E-state index in [9.17, 15) is 0 Å². The minimum Gasteiger partial charge on any atom is -0.469 e. The average molecular weight is 341 g/mol. The van der Waals surface area contributed by atoms with Crippen molar-refractivity contribution in [3.05, 3.63) is 47.4 Å². The molecule has 4 heterocycles. The molecule has 1 N–H and O–H groups in total. The number of hydrogen-bond acceptors (Lipinski definition) is 7. The summed E-state index contributed by atoms with van der Waals surface area (Å²) < 4.78 is 12.7. The van der Waals surface area contributed by atoms with Crippen LogP contribution in [0.2, 0.25) is 0 Å². The summed E-state index contributed by atoms with van der Waals surface area (Å²) in [5, 5.41) is 17.8. The third-order valence-corrected chi connectivity index (χ3v) is 4.48. The van der Waals surface area contributed by atoms with Crippen LogP contribution in [0.15, 0.2) is 44.9 Å². The van der Waals surface area contributed by atoms with Crippen LogP contribution in [0.1, 0.15) is 11.3 Å². The molecule has 0 fully saturated rings. The molecule has 7 nitrogen and oxygen atoms in total. The van der Waals surface area contributed by atoms with Gasteiger partial charge in [-0.1, -0.05) is 11.2 Å². The number of aryl methyl sites for hydroxylation is 2. The first-order valence-corrected chi connectivity index (χ1v) is 8.27. The van der Waals surface area contributed by atoms with Gasteiger partial charge in [-0.05, 0) is 24.4 Å². The van der Waals surface area contributed by atoms with Gasteiger partial charge < -0.3 is 14.2 Å². The predicted molar refractivity (Wildman–Crippen MR) is 90.6 cm³/mol. The summed E-state index contributed by atoms with van der Waals surface area (Å²) in [7, 11) is 1.91. The zero-order valence-corrected chi connectivity index (χ0v) is 14.0. The summed E-state index contributed by atoms with van der Waals surface area (Å²) in [6.45, 7) is 2.41. The Bertz CT molecular complexity index is 951. The van der Waals surface area contributed by atoms with Crippen molar-refractivity contribution in [3.8, 4) is 22.0 Å². The molecule has 4 rings (SSSR count). The van der Waals surface area contributed by atoms with Crippen LogP contribution < -0.4 is 5.32 Å². The molecule has 4 aromatic heterocycles. The normalized spacial score (nSPS) is 11.1. The maximum Gasteiger partial charge on any atom is 0.316 e. The standard InChI is InChI=1S/C16H15N5O2S/c1-10-12(5-6-22-10)15-18-19-16(23-15)17-8-11-9-21(2)20-14(11)13-4-3-7-24-13/h3-7,9H,8H2,1-2H3,(H,17,19). The topological polar surface area (TPSA) is 81.9 Å². The highest BCUT2D eigenvalue weighted by Gasteiger charge is 2.15. The Labute approximate surface area is 141 Å². The first-order chi connectivity index (χ1) is 11.7. The van der Waals surface area contributed by atoms with Crippen molar-refractivity contribution in [1.29, 1.82) is 0 Å². The van der Waals surface area contributed by atoms with E-state index in [1.165, 1.54) is 0 Å². The van der Waals surface area contributed by atoms with Crippen LogP contribution in [0.5, 0.6) is 0 Å². The second kappa shape index (κ2) is 5.97. The Morgan fingerprint density at radius 3 is 2.96 bits per heavy atom. The van der Waals surface area contributed by atoms with Gasteiger partial charge in [0, 0.05) is 25.4 Å². The molecule has 0 unspecified atom stereocenters. The van der Waals surface area contributed by atoms with Crippen LogP contribution in [0, 0.1) is 6.92 Å². The first kappa shape index (κ1) is 14.7. The van der Waals surface area contributed by atoms with Gasteiger partial charge in [-0.15, -0.1) is 16.4 Å². The molecule has 0 aliphatic rings. The summed E-state index contributed by atoms with van der Waals surface area (Å²) >= 11 is 1.66. The molecule has 0 amide bonds. The highest BCUT2D eigenvalue weighted by Crippen LogP contribution is 2.28. The van der Waals surface area contributed by atoms with Crippen molar-refractivity contribution >= 4 is 17.4 Å². The highest BCUT2D eigenvalue weighted by molar-refractivity contribution is 7.13. The Morgan fingerprint density at radius 2 is 2.21 bits per heavy atom. The smallest absolute Gasteiger partial charge is 0.316 e. The van der Waals surface area contributed by atoms with Crippen molar-refractivity contribution in [3.63, 3.8) is 0 Å². The fraction of sp³-hybridized carbons (Fsp3) is 0.188. The lowest BCUT2D eigenvalue weighted by Crippen LogP contribution is -1.99. The van der Waals surface area contributed by atoms with E-state index in [-0.39, 0.29) is 0 Å². The second-order valence-electron chi connectivity index (χ2n) is 5.31. The van der Waals surface area contributed by atoms with Crippen molar-refractivity contribution in [2.24, 2.45) is 7.05 Å². The zero-order chi connectivity index (χ0) is 16.5. The van der Waals surface area contributed by atoms with Crippen LogP contribution in [0.25, 0.3) is 22.0 Å². The molecule has 0 aliphatic carbocycles. The van der Waals surface area contributed by atoms with E-state index < -0.39 is 0 Å². The Morgan fingerprint density at radius 1 is 1.29 bits per heavy atom. The molecule has 0 aliphatic heterocycles. The third-order valence-electron chi connectivity index (χ3n) is 3.60. The first-order valence-electron chi connectivity index (χ1n) is 7.39. The summed E-state index contributed by atoms with van der Waals surface area (Å²) in [5.74, 6) is 1.19. The number of hydrogen-bond donors (Lipinski definition) is 1. The van der Waals surface area contributed by atoms with Crippen LogP contribution in [0.4, 0.5) is 6.01 Å². The average Bonchev–Trinajstić information content (AvgIpc) is 3.32. The monoisotopic (exact) mass is 341 g/mol. The molecule has 8 heteroatoms. The van der Waals surface area contributed by atoms with Crippen LogP contribution in [-0.4, -0.2) is 20.0 Å². The van der Waals surface area contributed by atoms with Crippen LogP contribution in [-0.2, 0) is 13.6 Å². The number of aromatic nitrogens is 4. The van der Waals surface area contributed by atoms with Gasteiger partial charge in [0.1, 0.15) is 11.5 Å². The van der Waals surface area contributed by atoms with Gasteiger partial charge in [0.2, 0.25) is 0 Å². The van der Waals surface area contributed by atoms with Gasteiger partial charge in [0.15, 0.2) is 0 Å². The Kier molecular flexibility index (Phi) is 3.66. The number of nitrogens with zero attached hydrogens (tertiary/aromatic N) is 4. The second-order valence-corrected chi connectivity index (χ2v) is 6.26. The number of thiophene rings is 1. The molecule has 24 heavy (non-hydrogen) atoms. The fourth-order valence-corrected chi connectivity index (χ4v) is 3.21. The van der Waals surface area contributed by atoms with E-state index in [2.05, 4.69) is 26.7 Å². The number of anilines is 1. The van der Waals surface area contributed by atoms with E-state index in [1.54, 1.807) is 22.3 Å². The minimum absolute atomic E-state index is 0.367. The number of furan rings is 1. The Hall–Kier alpha value is -2.87. The fourth-order valence-electron chi connectivity index (χ4n) is 2.47. The molecule has 0 saturated heterocycles. The molecular formula is C16H15N5O2S. The lowest BCUT2D eigenvalue weighted by Gasteiger charge is -2.00. The van der Waals surface area contributed by atoms with Gasteiger partial charge in [-0.3, -0.25) is 4.68 Å². The van der Waals surface area contributed by atoms with E-state index in [0.717, 1.165) is 27.5 Å². The third kappa shape index (κ3) is 2.71. The molecule has 0 atom stereocenters. The van der Waals surface area contributed by atoms with E-state index in [1.807, 2.05) is 37.7 Å². The van der Waals surface area contributed by atoms with Crippen molar-refractivity contribution in [1.82, 2.24) is 20.0 Å². The molecule has 0 radical (unpaired) electrons. The SMILES string of the molecule is Cc1occc1-c1nnc(NCc2cn(C)nc2-c2cccs2)o1. The van der Waals surface area contributed by atoms with E-state index in [4.69, 9.17) is 8.83 Å². The molecule has 4 aromatic rings. The van der Waals surface area contributed by atoms with Crippen LogP contribution in [0.3, 0.4) is 0 Å². The van der Waals surface area contributed by atoms with E-state index in [0.29, 0.717) is 18.5 Å². The lowest BCUT2D eigenvalue weighted by molar-refractivity contribution is 0.530. The Balaban J connectivity index is 1.52. The summed E-state index contributed by atoms with van der Waals surface area (Å²) in [6.07, 6.45) is 3.59. The largest absolute Gasteiger partial charge is 0.469 e. The van der Waals surface area contributed by atoms with Gasteiger partial charge in [0.05, 0.1) is 16.7 Å².